The van der Waals surface area contributed by atoms with Gasteiger partial charge in [0.05, 0.1) is 39.4 Å². The Morgan fingerprint density at radius 2 is 1.48 bits per heavy atom. The first-order valence-corrected chi connectivity index (χ1v) is 7.26. The van der Waals surface area contributed by atoms with Gasteiger partial charge in [0.1, 0.15) is 5.57 Å². The topological polar surface area (TPSA) is 132 Å². The monoisotopic (exact) mass is 358 g/mol. The van der Waals surface area contributed by atoms with E-state index >= 15 is 0 Å². The highest BCUT2D eigenvalue weighted by atomic mass is 16.6. The van der Waals surface area contributed by atoms with E-state index in [9.17, 15) is 24.0 Å². The van der Waals surface area contributed by atoms with Crippen molar-refractivity contribution < 1.29 is 47.7 Å². The Morgan fingerprint density at radius 3 is 1.88 bits per heavy atom. The van der Waals surface area contributed by atoms with Gasteiger partial charge in [0.15, 0.2) is 0 Å². The molecule has 25 heavy (non-hydrogen) atoms. The molecule has 0 bridgehead atoms. The minimum atomic E-state index is -2.79. The van der Waals surface area contributed by atoms with Crippen molar-refractivity contribution in [1.29, 1.82) is 0 Å². The van der Waals surface area contributed by atoms with Crippen molar-refractivity contribution in [1.82, 2.24) is 0 Å². The number of carbonyl (C=O) groups is 5. The van der Waals surface area contributed by atoms with Crippen LogP contribution in [0.25, 0.3) is 0 Å². The molecule has 1 rings (SSSR count). The predicted octanol–water partition coefficient (Wildman–Crippen LogP) is -0.559. The Balaban J connectivity index is 3.64. The number of methoxy groups -OCH3 is 2. The first-order valence-electron chi connectivity index (χ1n) is 7.26. The van der Waals surface area contributed by atoms with Gasteiger partial charge in [0, 0.05) is 0 Å². The second kappa shape index (κ2) is 8.27. The van der Waals surface area contributed by atoms with Crippen molar-refractivity contribution in [3.63, 3.8) is 0 Å². The third-order valence-electron chi connectivity index (χ3n) is 3.21. The molecule has 0 unspecified atom stereocenters. The minimum absolute atomic E-state index is 0.168. The maximum Gasteiger partial charge on any atom is 0.367 e. The zero-order valence-electron chi connectivity index (χ0n) is 14.2. The highest BCUT2D eigenvalue weighted by Crippen LogP contribution is 2.38. The second-order valence-corrected chi connectivity index (χ2v) is 4.61. The zero-order valence-corrected chi connectivity index (χ0v) is 14.2. The van der Waals surface area contributed by atoms with Crippen molar-refractivity contribution in [3.05, 3.63) is 11.1 Å². The number of hydrogen-bond acceptors (Lipinski definition) is 10. The average Bonchev–Trinajstić information content (AvgIpc) is 2.88. The molecular weight excluding hydrogens is 340 g/mol. The second-order valence-electron chi connectivity index (χ2n) is 4.61. The van der Waals surface area contributed by atoms with Crippen LogP contribution in [0, 0.1) is 0 Å². The maximum absolute atomic E-state index is 12.4. The largest absolute Gasteiger partial charge is 0.469 e. The van der Waals surface area contributed by atoms with Crippen LogP contribution in [-0.4, -0.2) is 62.9 Å². The maximum atomic E-state index is 12.4. The molecule has 138 valence electrons. The van der Waals surface area contributed by atoms with Gasteiger partial charge in [-0.05, 0) is 13.8 Å². The Bertz CT molecular complexity index is 612. The highest BCUT2D eigenvalue weighted by molar-refractivity contribution is 6.22. The van der Waals surface area contributed by atoms with Gasteiger partial charge in [-0.1, -0.05) is 0 Å². The smallest absolute Gasteiger partial charge is 0.367 e. The summed E-state index contributed by atoms with van der Waals surface area (Å²) < 4.78 is 23.4. The average molecular weight is 358 g/mol. The van der Waals surface area contributed by atoms with Gasteiger partial charge in [-0.15, -0.1) is 0 Å². The third kappa shape index (κ3) is 3.62. The van der Waals surface area contributed by atoms with E-state index < -0.39 is 53.0 Å². The van der Waals surface area contributed by atoms with E-state index in [0.29, 0.717) is 0 Å². The first kappa shape index (κ1) is 20.1. The summed E-state index contributed by atoms with van der Waals surface area (Å²) >= 11 is 0. The zero-order chi connectivity index (χ0) is 19.2. The fourth-order valence-corrected chi connectivity index (χ4v) is 2.15. The number of cyclic esters (lactones) is 1. The van der Waals surface area contributed by atoms with E-state index in [2.05, 4.69) is 9.47 Å². The highest BCUT2D eigenvalue weighted by Gasteiger charge is 2.65. The lowest BCUT2D eigenvalue weighted by Gasteiger charge is -2.25. The molecule has 0 spiro atoms. The molecule has 1 heterocycles. The Hall–Kier alpha value is -2.91. The van der Waals surface area contributed by atoms with Gasteiger partial charge in [0.2, 0.25) is 0 Å². The molecule has 10 heteroatoms. The number of carbonyl (C=O) groups excluding carboxylic acids is 5. The lowest BCUT2D eigenvalue weighted by Crippen LogP contribution is -2.52. The van der Waals surface area contributed by atoms with Gasteiger partial charge in [-0.25, -0.2) is 19.2 Å². The van der Waals surface area contributed by atoms with Gasteiger partial charge in [-0.2, -0.15) is 0 Å². The summed E-state index contributed by atoms with van der Waals surface area (Å²) in [4.78, 5) is 60.7. The standard InChI is InChI=1S/C15H18O10/c1-5-23-13(19)15(14(20)24-6-2)10(12(18)22-4)8(11(17)25-15)7-9(16)21-3/h5-7H2,1-4H3. The predicted molar refractivity (Wildman–Crippen MR) is 77.8 cm³/mol. The minimum Gasteiger partial charge on any atom is -0.469 e. The van der Waals surface area contributed by atoms with E-state index in [1.807, 2.05) is 0 Å². The van der Waals surface area contributed by atoms with Crippen molar-refractivity contribution >= 4 is 29.8 Å². The Morgan fingerprint density at radius 1 is 0.960 bits per heavy atom. The van der Waals surface area contributed by atoms with Crippen LogP contribution in [0.5, 0.6) is 0 Å². The number of esters is 5. The van der Waals surface area contributed by atoms with Crippen molar-refractivity contribution in [3.8, 4) is 0 Å². The van der Waals surface area contributed by atoms with Crippen LogP contribution < -0.4 is 0 Å². The van der Waals surface area contributed by atoms with Crippen molar-refractivity contribution in [2.75, 3.05) is 27.4 Å². The van der Waals surface area contributed by atoms with Gasteiger partial charge in [-0.3, -0.25) is 4.79 Å². The SMILES string of the molecule is CCOC(=O)C1(C(=O)OCC)OC(=O)C(CC(=O)OC)=C1C(=O)OC. The molecular formula is C15H18O10. The molecule has 0 N–H and O–H groups in total. The van der Waals surface area contributed by atoms with E-state index in [4.69, 9.17) is 14.2 Å². The summed E-state index contributed by atoms with van der Waals surface area (Å²) in [6, 6.07) is 0. The van der Waals surface area contributed by atoms with Crippen LogP contribution in [0.4, 0.5) is 0 Å². The number of rotatable bonds is 7. The third-order valence-corrected chi connectivity index (χ3v) is 3.21. The molecule has 0 radical (unpaired) electrons. The molecule has 0 aromatic carbocycles. The molecule has 0 saturated heterocycles. The van der Waals surface area contributed by atoms with Gasteiger partial charge < -0.3 is 23.7 Å². The van der Waals surface area contributed by atoms with Crippen LogP contribution in [0.3, 0.4) is 0 Å². The molecule has 1 aliphatic heterocycles. The van der Waals surface area contributed by atoms with E-state index in [-0.39, 0.29) is 13.2 Å². The molecule has 1 aliphatic rings. The molecule has 0 fully saturated rings. The lowest BCUT2D eigenvalue weighted by molar-refractivity contribution is -0.188. The quantitative estimate of drug-likeness (QED) is 0.331. The van der Waals surface area contributed by atoms with Crippen LogP contribution >= 0.6 is 0 Å². The molecule has 0 aromatic heterocycles. The van der Waals surface area contributed by atoms with Crippen LogP contribution in [0.2, 0.25) is 0 Å². The van der Waals surface area contributed by atoms with Crippen LogP contribution in [-0.2, 0) is 47.7 Å². The Labute approximate surface area is 143 Å². The number of hydrogen-bond donors (Lipinski definition) is 0. The van der Waals surface area contributed by atoms with Crippen molar-refractivity contribution in [2.24, 2.45) is 0 Å². The van der Waals surface area contributed by atoms with Gasteiger partial charge >= 0.3 is 35.4 Å². The van der Waals surface area contributed by atoms with Crippen LogP contribution in [0.1, 0.15) is 20.3 Å². The molecule has 10 nitrogen and oxygen atoms in total. The summed E-state index contributed by atoms with van der Waals surface area (Å²) in [5, 5.41) is 0. The van der Waals surface area contributed by atoms with Crippen molar-refractivity contribution in [2.45, 2.75) is 25.9 Å². The molecule has 0 aromatic rings. The molecule has 0 saturated carbocycles. The fraction of sp³-hybridized carbons (Fsp3) is 0.533. The number of ether oxygens (including phenoxy) is 5. The van der Waals surface area contributed by atoms with Gasteiger partial charge in [0.25, 0.3) is 0 Å². The summed E-state index contributed by atoms with van der Waals surface area (Å²) in [7, 11) is 2.03. The summed E-state index contributed by atoms with van der Waals surface area (Å²) in [5.74, 6) is -6.00. The first-order chi connectivity index (χ1) is 11.8. The molecule has 0 aliphatic carbocycles. The summed E-state index contributed by atoms with van der Waals surface area (Å²) in [5.41, 5.74) is -4.10. The van der Waals surface area contributed by atoms with E-state index in [1.165, 1.54) is 13.8 Å². The molecule has 0 amide bonds. The fourth-order valence-electron chi connectivity index (χ4n) is 2.15. The lowest BCUT2D eigenvalue weighted by atomic mass is 9.90. The van der Waals surface area contributed by atoms with Crippen LogP contribution in [0.15, 0.2) is 11.1 Å². The molecule has 0 atom stereocenters. The Kier molecular flexibility index (Phi) is 6.66. The normalized spacial score (nSPS) is 15.3. The summed E-state index contributed by atoms with van der Waals surface area (Å²) in [6.07, 6.45) is -0.708. The summed E-state index contributed by atoms with van der Waals surface area (Å²) in [6.45, 7) is 2.56. The van der Waals surface area contributed by atoms with E-state index in [0.717, 1.165) is 14.2 Å². The van der Waals surface area contributed by atoms with E-state index in [1.54, 1.807) is 0 Å².